The van der Waals surface area contributed by atoms with Gasteiger partial charge in [0.2, 0.25) is 0 Å². The van der Waals surface area contributed by atoms with E-state index in [-0.39, 0.29) is 27.1 Å². The molecule has 2 rings (SSSR count). The fourth-order valence-corrected chi connectivity index (χ4v) is 2.11. The molecule has 0 fully saturated rings. The van der Waals surface area contributed by atoms with Gasteiger partial charge in [-0.1, -0.05) is 15.9 Å². The third kappa shape index (κ3) is 3.21. The van der Waals surface area contributed by atoms with Crippen LogP contribution in [0.5, 0.6) is 0 Å². The highest BCUT2D eigenvalue weighted by atomic mass is 79.9. The summed E-state index contributed by atoms with van der Waals surface area (Å²) in [4.78, 5) is 18.5. The van der Waals surface area contributed by atoms with Crippen molar-refractivity contribution in [1.82, 2.24) is 9.97 Å². The molecule has 4 nitrogen and oxygen atoms in total. The van der Waals surface area contributed by atoms with Crippen molar-refractivity contribution in [2.75, 3.05) is 0 Å². The predicted octanol–water partition coefficient (Wildman–Crippen LogP) is 3.93. The molecular formula is C13H8BrF3N2O2. The third-order valence-corrected chi connectivity index (χ3v) is 3.23. The van der Waals surface area contributed by atoms with Crippen LogP contribution in [-0.4, -0.2) is 21.0 Å². The van der Waals surface area contributed by atoms with Crippen molar-refractivity contribution in [3.63, 3.8) is 0 Å². The van der Waals surface area contributed by atoms with Crippen LogP contribution in [0.3, 0.4) is 0 Å². The number of hydrogen-bond donors (Lipinski definition) is 1. The smallest absolute Gasteiger partial charge is 0.417 e. The summed E-state index contributed by atoms with van der Waals surface area (Å²) in [5.74, 6) is -1.40. The molecular weight excluding hydrogens is 353 g/mol. The Morgan fingerprint density at radius 1 is 1.33 bits per heavy atom. The molecule has 8 heteroatoms. The number of rotatable bonds is 2. The number of aryl methyl sites for hydroxylation is 1. The highest BCUT2D eigenvalue weighted by Crippen LogP contribution is 2.37. The largest absolute Gasteiger partial charge is 0.478 e. The van der Waals surface area contributed by atoms with Gasteiger partial charge in [0.25, 0.3) is 0 Å². The highest BCUT2D eigenvalue weighted by molar-refractivity contribution is 9.10. The third-order valence-electron chi connectivity index (χ3n) is 2.74. The van der Waals surface area contributed by atoms with Crippen molar-refractivity contribution < 1.29 is 23.1 Å². The lowest BCUT2D eigenvalue weighted by Crippen LogP contribution is -2.10. The average Bonchev–Trinajstić information content (AvgIpc) is 2.37. The van der Waals surface area contributed by atoms with E-state index >= 15 is 0 Å². The first kappa shape index (κ1) is 15.4. The maximum absolute atomic E-state index is 13.1. The van der Waals surface area contributed by atoms with Crippen molar-refractivity contribution >= 4 is 21.9 Å². The first-order valence-corrected chi connectivity index (χ1v) is 6.43. The van der Waals surface area contributed by atoms with Gasteiger partial charge in [-0.05, 0) is 25.1 Å². The van der Waals surface area contributed by atoms with Gasteiger partial charge in [-0.25, -0.2) is 14.8 Å². The topological polar surface area (TPSA) is 63.1 Å². The molecule has 1 heterocycles. The molecule has 0 saturated carbocycles. The van der Waals surface area contributed by atoms with Gasteiger partial charge in [0.05, 0.1) is 16.8 Å². The van der Waals surface area contributed by atoms with Gasteiger partial charge in [-0.2, -0.15) is 13.2 Å². The number of halogens is 4. The Hall–Kier alpha value is -1.96. The molecule has 1 aromatic heterocycles. The Morgan fingerprint density at radius 2 is 2.00 bits per heavy atom. The van der Waals surface area contributed by atoms with Gasteiger partial charge in [-0.15, -0.1) is 0 Å². The van der Waals surface area contributed by atoms with Gasteiger partial charge in [0.1, 0.15) is 0 Å². The molecule has 0 unspecified atom stereocenters. The molecule has 0 amide bonds. The van der Waals surface area contributed by atoms with Crippen molar-refractivity contribution in [3.05, 3.63) is 45.7 Å². The molecule has 2 aromatic rings. The van der Waals surface area contributed by atoms with E-state index < -0.39 is 17.7 Å². The fourth-order valence-electron chi connectivity index (χ4n) is 1.75. The summed E-state index contributed by atoms with van der Waals surface area (Å²) >= 11 is 2.99. The summed E-state index contributed by atoms with van der Waals surface area (Å²) in [6.45, 7) is 1.40. The van der Waals surface area contributed by atoms with Crippen LogP contribution >= 0.6 is 15.9 Å². The number of carbonyl (C=O) groups is 1. The standard InChI is InChI=1S/C13H8BrF3N2O2/c1-6-9(12(20)21)5-18-11(19-6)8-3-2-7(14)4-10(8)13(15,16)17/h2-5H,1H3,(H,20,21). The van der Waals surface area contributed by atoms with E-state index in [1.807, 2.05) is 0 Å². The molecule has 110 valence electrons. The summed E-state index contributed by atoms with van der Waals surface area (Å²) in [5, 5.41) is 8.88. The number of nitrogens with zero attached hydrogens (tertiary/aromatic N) is 2. The highest BCUT2D eigenvalue weighted by Gasteiger charge is 2.34. The normalized spacial score (nSPS) is 11.5. The zero-order valence-corrected chi connectivity index (χ0v) is 12.2. The Labute approximate surface area is 125 Å². The number of aromatic nitrogens is 2. The fraction of sp³-hybridized carbons (Fsp3) is 0.154. The van der Waals surface area contributed by atoms with E-state index in [2.05, 4.69) is 25.9 Å². The van der Waals surface area contributed by atoms with Crippen LogP contribution in [0.1, 0.15) is 21.6 Å². The van der Waals surface area contributed by atoms with Crippen LogP contribution < -0.4 is 0 Å². The minimum Gasteiger partial charge on any atom is -0.478 e. The Bertz CT molecular complexity index is 717. The van der Waals surface area contributed by atoms with Gasteiger partial charge >= 0.3 is 12.1 Å². The van der Waals surface area contributed by atoms with Crippen molar-refractivity contribution in [3.8, 4) is 11.4 Å². The first-order chi connectivity index (χ1) is 9.70. The van der Waals surface area contributed by atoms with Crippen LogP contribution in [0.25, 0.3) is 11.4 Å². The van der Waals surface area contributed by atoms with E-state index in [0.29, 0.717) is 0 Å². The monoisotopic (exact) mass is 360 g/mol. The average molecular weight is 361 g/mol. The van der Waals surface area contributed by atoms with Crippen LogP contribution in [0.4, 0.5) is 13.2 Å². The number of benzene rings is 1. The van der Waals surface area contributed by atoms with Crippen LogP contribution in [-0.2, 0) is 6.18 Å². The first-order valence-electron chi connectivity index (χ1n) is 5.64. The second kappa shape index (κ2) is 5.44. The van der Waals surface area contributed by atoms with E-state index in [9.17, 15) is 18.0 Å². The van der Waals surface area contributed by atoms with Crippen LogP contribution in [0.15, 0.2) is 28.9 Å². The Morgan fingerprint density at radius 3 is 2.52 bits per heavy atom. The van der Waals surface area contributed by atoms with Crippen molar-refractivity contribution in [1.29, 1.82) is 0 Å². The lowest BCUT2D eigenvalue weighted by atomic mass is 10.1. The Balaban J connectivity index is 2.62. The minimum absolute atomic E-state index is 0.101. The molecule has 0 spiro atoms. The summed E-state index contributed by atoms with van der Waals surface area (Å²) in [5.41, 5.74) is -1.14. The number of alkyl halides is 3. The lowest BCUT2D eigenvalue weighted by molar-refractivity contribution is -0.137. The summed E-state index contributed by atoms with van der Waals surface area (Å²) < 4.78 is 39.4. The second-order valence-corrected chi connectivity index (χ2v) is 5.10. The van der Waals surface area contributed by atoms with Gasteiger partial charge < -0.3 is 5.11 Å². The number of aromatic carboxylic acids is 1. The molecule has 1 aromatic carbocycles. The molecule has 0 saturated heterocycles. The molecule has 0 atom stereocenters. The molecule has 0 aliphatic rings. The summed E-state index contributed by atoms with van der Waals surface area (Å²) in [6, 6.07) is 3.61. The van der Waals surface area contributed by atoms with E-state index in [0.717, 1.165) is 12.3 Å². The maximum atomic E-state index is 13.1. The number of carboxylic acid groups (broad SMARTS) is 1. The molecule has 21 heavy (non-hydrogen) atoms. The zero-order valence-electron chi connectivity index (χ0n) is 10.6. The van der Waals surface area contributed by atoms with Crippen molar-refractivity contribution in [2.45, 2.75) is 13.1 Å². The van der Waals surface area contributed by atoms with E-state index in [4.69, 9.17) is 5.11 Å². The lowest BCUT2D eigenvalue weighted by Gasteiger charge is -2.13. The summed E-state index contributed by atoms with van der Waals surface area (Å²) in [7, 11) is 0. The van der Waals surface area contributed by atoms with Crippen LogP contribution in [0.2, 0.25) is 0 Å². The molecule has 0 bridgehead atoms. The zero-order chi connectivity index (χ0) is 15.8. The van der Waals surface area contributed by atoms with Gasteiger partial charge in [-0.3, -0.25) is 0 Å². The van der Waals surface area contributed by atoms with Gasteiger partial charge in [0.15, 0.2) is 5.82 Å². The van der Waals surface area contributed by atoms with Gasteiger partial charge in [0, 0.05) is 16.2 Å². The quantitative estimate of drug-likeness (QED) is 0.881. The maximum Gasteiger partial charge on any atom is 0.417 e. The number of carboxylic acids is 1. The SMILES string of the molecule is Cc1nc(-c2ccc(Br)cc2C(F)(F)F)ncc1C(=O)O. The molecule has 0 radical (unpaired) electrons. The minimum atomic E-state index is -4.57. The van der Waals surface area contributed by atoms with E-state index in [1.165, 1.54) is 19.1 Å². The predicted molar refractivity (Wildman–Crippen MR) is 71.9 cm³/mol. The Kier molecular flexibility index (Phi) is 3.99. The molecule has 1 N–H and O–H groups in total. The molecule has 0 aliphatic heterocycles. The van der Waals surface area contributed by atoms with Crippen LogP contribution in [0, 0.1) is 6.92 Å². The second-order valence-electron chi connectivity index (χ2n) is 4.19. The van der Waals surface area contributed by atoms with E-state index in [1.54, 1.807) is 0 Å². The molecule has 0 aliphatic carbocycles. The number of hydrogen-bond acceptors (Lipinski definition) is 3. The van der Waals surface area contributed by atoms with Crippen molar-refractivity contribution in [2.24, 2.45) is 0 Å². The summed E-state index contributed by atoms with van der Waals surface area (Å²) in [6.07, 6.45) is -3.57.